The first-order valence-electron chi connectivity index (χ1n) is 6.28. The molecule has 0 spiro atoms. The zero-order chi connectivity index (χ0) is 15.3. The highest BCUT2D eigenvalue weighted by Crippen LogP contribution is 2.16. The summed E-state index contributed by atoms with van der Waals surface area (Å²) >= 11 is 0. The number of rotatable bonds is 5. The fraction of sp³-hybridized carbons (Fsp3) is 0.429. The lowest BCUT2D eigenvalue weighted by molar-refractivity contribution is -0.138. The number of aliphatic carboxylic acids is 1. The van der Waals surface area contributed by atoms with Crippen molar-refractivity contribution < 1.29 is 14.7 Å². The molecular formula is C14H21N3O3. The second-order valence-corrected chi connectivity index (χ2v) is 5.47. The lowest BCUT2D eigenvalue weighted by Crippen LogP contribution is -2.46. The molecule has 1 rings (SSSR count). The Morgan fingerprint density at radius 3 is 2.20 bits per heavy atom. The summed E-state index contributed by atoms with van der Waals surface area (Å²) in [7, 11) is 3.87. The third-order valence-electron chi connectivity index (χ3n) is 2.69. The molecular weight excluding hydrogens is 258 g/mol. The number of amides is 2. The van der Waals surface area contributed by atoms with Crippen molar-refractivity contribution in [2.24, 2.45) is 0 Å². The lowest BCUT2D eigenvalue weighted by atomic mass is 10.0. The average Bonchev–Trinajstić information content (AvgIpc) is 2.26. The SMILES string of the molecule is CN(C)c1ccc(NC(=O)NC(C)(C)CC(=O)O)cc1. The van der Waals surface area contributed by atoms with Gasteiger partial charge in [0.2, 0.25) is 0 Å². The summed E-state index contributed by atoms with van der Waals surface area (Å²) < 4.78 is 0. The molecule has 1 aromatic carbocycles. The molecule has 0 fully saturated rings. The van der Waals surface area contributed by atoms with Gasteiger partial charge < -0.3 is 20.6 Å². The van der Waals surface area contributed by atoms with Gasteiger partial charge in [-0.15, -0.1) is 0 Å². The highest BCUT2D eigenvalue weighted by molar-refractivity contribution is 5.90. The van der Waals surface area contributed by atoms with Crippen LogP contribution in [0.2, 0.25) is 0 Å². The van der Waals surface area contributed by atoms with E-state index in [1.54, 1.807) is 26.0 Å². The van der Waals surface area contributed by atoms with Crippen LogP contribution in [-0.4, -0.2) is 36.7 Å². The van der Waals surface area contributed by atoms with Crippen LogP contribution in [0.5, 0.6) is 0 Å². The minimum atomic E-state index is -0.953. The number of carbonyl (C=O) groups is 2. The van der Waals surface area contributed by atoms with Crippen molar-refractivity contribution in [3.05, 3.63) is 24.3 Å². The van der Waals surface area contributed by atoms with E-state index < -0.39 is 17.5 Å². The number of carboxylic acids is 1. The third kappa shape index (κ3) is 5.17. The van der Waals surface area contributed by atoms with Gasteiger partial charge in [-0.05, 0) is 38.1 Å². The van der Waals surface area contributed by atoms with Gasteiger partial charge in [-0.3, -0.25) is 4.79 Å². The smallest absolute Gasteiger partial charge is 0.319 e. The van der Waals surface area contributed by atoms with Crippen LogP contribution < -0.4 is 15.5 Å². The van der Waals surface area contributed by atoms with Crippen LogP contribution in [0.1, 0.15) is 20.3 Å². The number of benzene rings is 1. The number of urea groups is 1. The van der Waals surface area contributed by atoms with E-state index in [1.807, 2.05) is 31.1 Å². The van der Waals surface area contributed by atoms with Gasteiger partial charge >= 0.3 is 12.0 Å². The minimum Gasteiger partial charge on any atom is -0.481 e. The normalized spacial score (nSPS) is 10.8. The molecule has 3 N–H and O–H groups in total. The molecule has 0 unspecified atom stereocenters. The maximum Gasteiger partial charge on any atom is 0.319 e. The van der Waals surface area contributed by atoms with Crippen LogP contribution in [0.25, 0.3) is 0 Å². The van der Waals surface area contributed by atoms with E-state index in [9.17, 15) is 9.59 Å². The second kappa shape index (κ2) is 6.27. The third-order valence-corrected chi connectivity index (χ3v) is 2.69. The van der Waals surface area contributed by atoms with Gasteiger partial charge in [-0.1, -0.05) is 0 Å². The number of carbonyl (C=O) groups excluding carboxylic acids is 1. The minimum absolute atomic E-state index is 0.139. The number of anilines is 2. The van der Waals surface area contributed by atoms with Crippen molar-refractivity contribution in [3.63, 3.8) is 0 Å². The molecule has 0 aliphatic heterocycles. The summed E-state index contributed by atoms with van der Waals surface area (Å²) in [5.41, 5.74) is 0.876. The fourth-order valence-corrected chi connectivity index (χ4v) is 1.73. The van der Waals surface area contributed by atoms with Crippen LogP contribution in [0, 0.1) is 0 Å². The molecule has 0 saturated heterocycles. The zero-order valence-corrected chi connectivity index (χ0v) is 12.2. The van der Waals surface area contributed by atoms with Gasteiger partial charge in [0.15, 0.2) is 0 Å². The highest BCUT2D eigenvalue weighted by atomic mass is 16.4. The number of nitrogens with zero attached hydrogens (tertiary/aromatic N) is 1. The predicted octanol–water partition coefficient (Wildman–Crippen LogP) is 2.13. The Morgan fingerprint density at radius 2 is 1.75 bits per heavy atom. The summed E-state index contributed by atoms with van der Waals surface area (Å²) in [6.45, 7) is 3.33. The van der Waals surface area contributed by atoms with Crippen molar-refractivity contribution in [2.45, 2.75) is 25.8 Å². The largest absolute Gasteiger partial charge is 0.481 e. The van der Waals surface area contributed by atoms with Crippen molar-refractivity contribution in [2.75, 3.05) is 24.3 Å². The topological polar surface area (TPSA) is 81.7 Å². The average molecular weight is 279 g/mol. The van der Waals surface area contributed by atoms with Crippen LogP contribution in [0.15, 0.2) is 24.3 Å². The van der Waals surface area contributed by atoms with Crippen molar-refractivity contribution >= 4 is 23.4 Å². The Kier molecular flexibility index (Phi) is 4.96. The van der Waals surface area contributed by atoms with E-state index in [1.165, 1.54) is 0 Å². The first kappa shape index (κ1) is 15.8. The summed E-state index contributed by atoms with van der Waals surface area (Å²) in [5, 5.41) is 14.1. The summed E-state index contributed by atoms with van der Waals surface area (Å²) in [6.07, 6.45) is -0.139. The molecule has 0 bridgehead atoms. The molecule has 6 nitrogen and oxygen atoms in total. The second-order valence-electron chi connectivity index (χ2n) is 5.47. The van der Waals surface area contributed by atoms with Gasteiger partial charge in [-0.2, -0.15) is 0 Å². The molecule has 0 radical (unpaired) electrons. The quantitative estimate of drug-likeness (QED) is 0.771. The molecule has 0 atom stereocenters. The Balaban J connectivity index is 2.60. The Morgan fingerprint density at radius 1 is 1.20 bits per heavy atom. The van der Waals surface area contributed by atoms with Gasteiger partial charge in [0.1, 0.15) is 0 Å². The molecule has 0 aliphatic carbocycles. The monoisotopic (exact) mass is 279 g/mol. The number of hydrogen-bond acceptors (Lipinski definition) is 3. The van der Waals surface area contributed by atoms with Crippen LogP contribution in [0.4, 0.5) is 16.2 Å². The van der Waals surface area contributed by atoms with Gasteiger partial charge in [0.25, 0.3) is 0 Å². The van der Waals surface area contributed by atoms with Gasteiger partial charge in [0, 0.05) is 31.0 Å². The van der Waals surface area contributed by atoms with Crippen LogP contribution in [0.3, 0.4) is 0 Å². The molecule has 1 aromatic rings. The molecule has 0 saturated carbocycles. The first-order chi connectivity index (χ1) is 9.19. The number of hydrogen-bond donors (Lipinski definition) is 3. The molecule has 20 heavy (non-hydrogen) atoms. The lowest BCUT2D eigenvalue weighted by Gasteiger charge is -2.24. The van der Waals surface area contributed by atoms with E-state index in [4.69, 9.17) is 5.11 Å². The van der Waals surface area contributed by atoms with E-state index in [2.05, 4.69) is 10.6 Å². The first-order valence-corrected chi connectivity index (χ1v) is 6.28. The van der Waals surface area contributed by atoms with Crippen molar-refractivity contribution in [1.82, 2.24) is 5.32 Å². The molecule has 110 valence electrons. The van der Waals surface area contributed by atoms with E-state index in [-0.39, 0.29) is 6.42 Å². The predicted molar refractivity (Wildman–Crippen MR) is 79.3 cm³/mol. The summed E-state index contributed by atoms with van der Waals surface area (Å²) in [4.78, 5) is 24.4. The molecule has 2 amide bonds. The number of carboxylic acid groups (broad SMARTS) is 1. The Labute approximate surface area is 118 Å². The van der Waals surface area contributed by atoms with Crippen molar-refractivity contribution in [3.8, 4) is 0 Å². The van der Waals surface area contributed by atoms with Crippen molar-refractivity contribution in [1.29, 1.82) is 0 Å². The molecule has 0 aromatic heterocycles. The molecule has 6 heteroatoms. The Hall–Kier alpha value is -2.24. The van der Waals surface area contributed by atoms with Gasteiger partial charge in [-0.25, -0.2) is 4.79 Å². The van der Waals surface area contributed by atoms with Gasteiger partial charge in [0.05, 0.1) is 6.42 Å². The summed E-state index contributed by atoms with van der Waals surface area (Å²) in [6, 6.07) is 6.93. The zero-order valence-electron chi connectivity index (χ0n) is 12.2. The van der Waals surface area contributed by atoms with E-state index >= 15 is 0 Å². The Bertz CT molecular complexity index is 481. The van der Waals surface area contributed by atoms with E-state index in [0.717, 1.165) is 5.69 Å². The van der Waals surface area contributed by atoms with E-state index in [0.29, 0.717) is 5.69 Å². The number of nitrogens with one attached hydrogen (secondary N) is 2. The standard InChI is InChI=1S/C14H21N3O3/c1-14(2,9-12(18)19)16-13(20)15-10-5-7-11(8-6-10)17(3)4/h5-8H,9H2,1-4H3,(H,18,19)(H2,15,16,20). The molecule has 0 aliphatic rings. The molecule has 0 heterocycles. The highest BCUT2D eigenvalue weighted by Gasteiger charge is 2.23. The maximum absolute atomic E-state index is 11.8. The maximum atomic E-state index is 11.8. The summed E-state index contributed by atoms with van der Waals surface area (Å²) in [5.74, 6) is -0.953. The fourth-order valence-electron chi connectivity index (χ4n) is 1.73. The van der Waals surface area contributed by atoms with Crippen LogP contribution in [-0.2, 0) is 4.79 Å². The van der Waals surface area contributed by atoms with Crippen LogP contribution >= 0.6 is 0 Å².